The summed E-state index contributed by atoms with van der Waals surface area (Å²) in [7, 11) is 0. The normalized spacial score (nSPS) is 11.9. The number of hydrogen-bond donors (Lipinski definition) is 0. The largest absolute Gasteiger partial charge is 0.309 e. The van der Waals surface area contributed by atoms with Crippen LogP contribution >= 0.6 is 11.3 Å². The molecule has 3 heterocycles. The average Bonchev–Trinajstić information content (AvgIpc) is 3.94. The van der Waals surface area contributed by atoms with Gasteiger partial charge in [-0.3, -0.25) is 0 Å². The van der Waals surface area contributed by atoms with Crippen LogP contribution in [0.1, 0.15) is 0 Å². The maximum Gasteiger partial charge on any atom is 0.0548 e. The lowest BCUT2D eigenvalue weighted by atomic mass is 9.93. The van der Waals surface area contributed by atoms with E-state index in [4.69, 9.17) is 0 Å². The molecule has 57 heavy (non-hydrogen) atoms. The second-order valence-corrected chi connectivity index (χ2v) is 16.0. The van der Waals surface area contributed by atoms with E-state index >= 15 is 0 Å². The molecule has 2 nitrogen and oxygen atoms in total. The lowest BCUT2D eigenvalue weighted by Gasteiger charge is -2.12. The molecule has 0 saturated carbocycles. The van der Waals surface area contributed by atoms with Gasteiger partial charge in [-0.25, -0.2) is 0 Å². The molecule has 0 saturated heterocycles. The Morgan fingerprint density at radius 1 is 0.263 bits per heavy atom. The predicted octanol–water partition coefficient (Wildman–Crippen LogP) is 15.2. The summed E-state index contributed by atoms with van der Waals surface area (Å²) in [6.07, 6.45) is 0. The van der Waals surface area contributed by atoms with Gasteiger partial charge in [0.2, 0.25) is 0 Å². The molecule has 266 valence electrons. The molecule has 0 unspecified atom stereocenters. The van der Waals surface area contributed by atoms with Gasteiger partial charge in [-0.1, -0.05) is 127 Å². The van der Waals surface area contributed by atoms with Crippen molar-refractivity contribution in [3.63, 3.8) is 0 Å². The lowest BCUT2D eigenvalue weighted by Crippen LogP contribution is -1.93. The number of aromatic nitrogens is 2. The maximum absolute atomic E-state index is 2.47. The van der Waals surface area contributed by atoms with Gasteiger partial charge in [0.05, 0.1) is 22.1 Å². The highest BCUT2D eigenvalue weighted by Crippen LogP contribution is 2.45. The van der Waals surface area contributed by atoms with Crippen molar-refractivity contribution < 1.29 is 0 Å². The van der Waals surface area contributed by atoms with Gasteiger partial charge in [0.15, 0.2) is 0 Å². The Labute approximate surface area is 333 Å². The van der Waals surface area contributed by atoms with Crippen LogP contribution in [0, 0.1) is 0 Å². The first-order valence-corrected chi connectivity index (χ1v) is 20.3. The fraction of sp³-hybridized carbons (Fsp3) is 0. The van der Waals surface area contributed by atoms with E-state index in [2.05, 4.69) is 215 Å². The Morgan fingerprint density at radius 3 is 1.46 bits per heavy atom. The first-order valence-electron chi connectivity index (χ1n) is 19.5. The van der Waals surface area contributed by atoms with Crippen molar-refractivity contribution in [2.24, 2.45) is 0 Å². The fourth-order valence-corrected chi connectivity index (χ4v) is 10.2. The van der Waals surface area contributed by atoms with Crippen LogP contribution in [0.15, 0.2) is 206 Å². The van der Waals surface area contributed by atoms with Crippen molar-refractivity contribution in [1.29, 1.82) is 0 Å². The number of thiophene rings is 1. The molecule has 0 amide bonds. The van der Waals surface area contributed by atoms with Crippen LogP contribution in [-0.2, 0) is 0 Å². The summed E-state index contributed by atoms with van der Waals surface area (Å²) in [5.74, 6) is 0. The molecule has 3 heteroatoms. The highest BCUT2D eigenvalue weighted by atomic mass is 32.1. The molecule has 9 aromatic carbocycles. The second-order valence-electron chi connectivity index (χ2n) is 14.9. The second kappa shape index (κ2) is 12.7. The standard InChI is InChI=1S/C54H34N2S/c1-4-14-35(15-5-1)38-30-39(36-16-6-2-7-17-36)32-40(31-38)37-24-26-45-50(33-37)55(41-18-8-3-9-19-41)49-27-29-52-54(53(45)49)46-34-42(25-28-51(46)57-52)56-47-22-12-10-20-43(47)44-21-11-13-23-48(44)56/h1-34H. The molecular weight excluding hydrogens is 709 g/mol. The van der Waals surface area contributed by atoms with Crippen molar-refractivity contribution in [2.75, 3.05) is 0 Å². The molecular formula is C54H34N2S. The third-order valence-corrected chi connectivity index (χ3v) is 12.8. The van der Waals surface area contributed by atoms with E-state index < -0.39 is 0 Å². The van der Waals surface area contributed by atoms with Crippen molar-refractivity contribution in [3.05, 3.63) is 206 Å². The minimum absolute atomic E-state index is 1.16. The zero-order chi connectivity index (χ0) is 37.5. The molecule has 12 rings (SSSR count). The number of benzene rings is 9. The lowest BCUT2D eigenvalue weighted by molar-refractivity contribution is 1.18. The first-order chi connectivity index (χ1) is 28.3. The summed E-state index contributed by atoms with van der Waals surface area (Å²) in [6, 6.07) is 75.6. The van der Waals surface area contributed by atoms with Crippen LogP contribution in [0.4, 0.5) is 0 Å². The van der Waals surface area contributed by atoms with E-state index in [0.29, 0.717) is 0 Å². The van der Waals surface area contributed by atoms with E-state index in [9.17, 15) is 0 Å². The summed E-state index contributed by atoms with van der Waals surface area (Å²) in [5, 5.41) is 7.72. The summed E-state index contributed by atoms with van der Waals surface area (Å²) in [4.78, 5) is 0. The van der Waals surface area contributed by atoms with Gasteiger partial charge < -0.3 is 9.13 Å². The zero-order valence-electron chi connectivity index (χ0n) is 30.9. The van der Waals surface area contributed by atoms with E-state index in [1.54, 1.807) is 0 Å². The van der Waals surface area contributed by atoms with Crippen molar-refractivity contribution >= 4 is 75.1 Å². The average molecular weight is 743 g/mol. The third-order valence-electron chi connectivity index (χ3n) is 11.7. The topological polar surface area (TPSA) is 9.86 Å². The Bertz CT molecular complexity index is 3390. The quantitative estimate of drug-likeness (QED) is 0.166. The summed E-state index contributed by atoms with van der Waals surface area (Å²) in [5.41, 5.74) is 14.4. The summed E-state index contributed by atoms with van der Waals surface area (Å²) in [6.45, 7) is 0. The molecule has 0 atom stereocenters. The molecule has 0 aliphatic rings. The molecule has 0 bridgehead atoms. The van der Waals surface area contributed by atoms with Gasteiger partial charge in [0.1, 0.15) is 0 Å². The number of rotatable bonds is 5. The van der Waals surface area contributed by atoms with E-state index in [1.807, 2.05) is 11.3 Å². The van der Waals surface area contributed by atoms with Gasteiger partial charge in [-0.15, -0.1) is 11.3 Å². The highest BCUT2D eigenvalue weighted by Gasteiger charge is 2.20. The van der Waals surface area contributed by atoms with Crippen LogP contribution in [0.5, 0.6) is 0 Å². The van der Waals surface area contributed by atoms with Crippen LogP contribution in [0.25, 0.3) is 109 Å². The van der Waals surface area contributed by atoms with E-state index in [1.165, 1.54) is 103 Å². The van der Waals surface area contributed by atoms with Gasteiger partial charge in [-0.05, 0) is 112 Å². The Hall–Kier alpha value is -7.20. The van der Waals surface area contributed by atoms with Gasteiger partial charge in [0.25, 0.3) is 0 Å². The van der Waals surface area contributed by atoms with Crippen molar-refractivity contribution in [1.82, 2.24) is 9.13 Å². The third kappa shape index (κ3) is 5.03. The van der Waals surface area contributed by atoms with E-state index in [-0.39, 0.29) is 0 Å². The first kappa shape index (κ1) is 32.1. The van der Waals surface area contributed by atoms with Gasteiger partial charge in [-0.2, -0.15) is 0 Å². The van der Waals surface area contributed by atoms with Crippen LogP contribution < -0.4 is 0 Å². The van der Waals surface area contributed by atoms with E-state index in [0.717, 1.165) is 5.69 Å². The Kier molecular flexibility index (Phi) is 7.13. The number of nitrogens with zero attached hydrogens (tertiary/aromatic N) is 2. The highest BCUT2D eigenvalue weighted by molar-refractivity contribution is 7.26. The molecule has 12 aromatic rings. The Balaban J connectivity index is 1.13. The number of fused-ring (bicyclic) bond motifs is 10. The molecule has 0 aliphatic carbocycles. The van der Waals surface area contributed by atoms with Gasteiger partial charge >= 0.3 is 0 Å². The number of hydrogen-bond acceptors (Lipinski definition) is 1. The maximum atomic E-state index is 2.47. The molecule has 0 N–H and O–H groups in total. The summed E-state index contributed by atoms with van der Waals surface area (Å²) >= 11 is 1.88. The molecule has 0 radical (unpaired) electrons. The number of para-hydroxylation sites is 3. The van der Waals surface area contributed by atoms with Crippen molar-refractivity contribution in [3.8, 4) is 44.8 Å². The monoisotopic (exact) mass is 742 g/mol. The molecule has 0 fully saturated rings. The van der Waals surface area contributed by atoms with Crippen LogP contribution in [0.2, 0.25) is 0 Å². The van der Waals surface area contributed by atoms with Crippen molar-refractivity contribution in [2.45, 2.75) is 0 Å². The molecule has 0 aliphatic heterocycles. The predicted molar refractivity (Wildman–Crippen MR) is 244 cm³/mol. The molecule has 0 spiro atoms. The zero-order valence-corrected chi connectivity index (χ0v) is 31.7. The van der Waals surface area contributed by atoms with Crippen LogP contribution in [0.3, 0.4) is 0 Å². The Morgan fingerprint density at radius 2 is 0.807 bits per heavy atom. The minimum Gasteiger partial charge on any atom is -0.309 e. The van der Waals surface area contributed by atoms with Gasteiger partial charge in [0, 0.05) is 53.1 Å². The van der Waals surface area contributed by atoms with Crippen LogP contribution in [-0.4, -0.2) is 9.13 Å². The summed E-state index contributed by atoms with van der Waals surface area (Å²) < 4.78 is 7.50. The smallest absolute Gasteiger partial charge is 0.0548 e. The minimum atomic E-state index is 1.16. The molecule has 3 aromatic heterocycles. The fourth-order valence-electron chi connectivity index (χ4n) is 9.13. The SMILES string of the molecule is c1ccc(-c2cc(-c3ccccc3)cc(-c3ccc4c5c6c(ccc5n(-c5ccccc5)c4c3)sc3ccc(-n4c5ccccc5c5ccccc54)cc36)c2)cc1.